The van der Waals surface area contributed by atoms with Crippen molar-refractivity contribution in [2.45, 2.75) is 12.5 Å². The number of aromatic hydroxyl groups is 1. The maximum Gasteiger partial charge on any atom is 0.142 e. The fourth-order valence-electron chi connectivity index (χ4n) is 1.62. The van der Waals surface area contributed by atoms with Gasteiger partial charge in [0.2, 0.25) is 0 Å². The second-order valence-corrected chi connectivity index (χ2v) is 4.49. The van der Waals surface area contributed by atoms with Crippen molar-refractivity contribution >= 4 is 23.2 Å². The average molecular weight is 283 g/mol. The molecule has 0 aliphatic carbocycles. The lowest BCUT2D eigenvalue weighted by Gasteiger charge is -2.11. The minimum atomic E-state index is 0.216. The van der Waals surface area contributed by atoms with Crippen LogP contribution in [0.1, 0.15) is 11.1 Å². The Morgan fingerprint density at radius 2 is 1.89 bits per heavy atom. The van der Waals surface area contributed by atoms with E-state index in [1.165, 1.54) is 0 Å². The molecule has 2 nitrogen and oxygen atoms in total. The van der Waals surface area contributed by atoms with Crippen LogP contribution in [-0.2, 0) is 12.5 Å². The number of hydrogen-bond acceptors (Lipinski definition) is 2. The maximum absolute atomic E-state index is 9.36. The number of phenols is 1. The molecule has 0 radical (unpaired) electrons. The van der Waals surface area contributed by atoms with E-state index in [0.29, 0.717) is 23.3 Å². The van der Waals surface area contributed by atoms with Crippen LogP contribution in [0.5, 0.6) is 11.5 Å². The number of phenolic OH excluding ortho intramolecular Hbond substituents is 1. The number of halogens is 2. The Morgan fingerprint density at radius 3 is 2.61 bits per heavy atom. The Morgan fingerprint density at radius 1 is 1.11 bits per heavy atom. The summed E-state index contributed by atoms with van der Waals surface area (Å²) in [5, 5.41) is 9.90. The topological polar surface area (TPSA) is 29.5 Å². The lowest BCUT2D eigenvalue weighted by molar-refractivity contribution is 0.303. The molecule has 0 fully saturated rings. The fraction of sp³-hybridized carbons (Fsp3) is 0.143. The van der Waals surface area contributed by atoms with E-state index < -0.39 is 0 Å². The molecular formula is C14H12Cl2O2. The highest BCUT2D eigenvalue weighted by Gasteiger charge is 2.07. The smallest absolute Gasteiger partial charge is 0.142 e. The zero-order valence-corrected chi connectivity index (χ0v) is 11.1. The highest BCUT2D eigenvalue weighted by molar-refractivity contribution is 6.32. The molecule has 4 heteroatoms. The molecule has 0 bridgehead atoms. The molecule has 0 aliphatic heterocycles. The number of benzene rings is 2. The average Bonchev–Trinajstić information content (AvgIpc) is 2.37. The van der Waals surface area contributed by atoms with E-state index in [1.807, 2.05) is 18.2 Å². The van der Waals surface area contributed by atoms with Crippen LogP contribution >= 0.6 is 23.2 Å². The van der Waals surface area contributed by atoms with Gasteiger partial charge in [-0.3, -0.25) is 0 Å². The van der Waals surface area contributed by atoms with Gasteiger partial charge in [0, 0.05) is 5.56 Å². The van der Waals surface area contributed by atoms with Crippen molar-refractivity contribution in [3.63, 3.8) is 0 Å². The molecule has 2 aromatic carbocycles. The number of para-hydroxylation sites is 1. The molecule has 0 atom stereocenters. The largest absolute Gasteiger partial charge is 0.508 e. The quantitative estimate of drug-likeness (QED) is 0.844. The van der Waals surface area contributed by atoms with Crippen LogP contribution in [0.2, 0.25) is 5.02 Å². The van der Waals surface area contributed by atoms with Gasteiger partial charge in [-0.15, -0.1) is 11.6 Å². The van der Waals surface area contributed by atoms with Gasteiger partial charge in [-0.2, -0.15) is 0 Å². The third kappa shape index (κ3) is 3.09. The number of alkyl halides is 1. The summed E-state index contributed by atoms with van der Waals surface area (Å²) in [6.45, 7) is 0.335. The minimum absolute atomic E-state index is 0.216. The van der Waals surface area contributed by atoms with Crippen LogP contribution in [0.25, 0.3) is 0 Å². The third-order valence-electron chi connectivity index (χ3n) is 2.49. The molecular weight excluding hydrogens is 271 g/mol. The predicted octanol–water partition coefficient (Wildman–Crippen LogP) is 4.36. The zero-order valence-electron chi connectivity index (χ0n) is 9.57. The molecule has 0 saturated carbocycles. The number of ether oxygens (including phenoxy) is 1. The molecule has 2 rings (SSSR count). The summed E-state index contributed by atoms with van der Waals surface area (Å²) in [4.78, 5) is 0. The highest BCUT2D eigenvalue weighted by atomic mass is 35.5. The van der Waals surface area contributed by atoms with Crippen LogP contribution < -0.4 is 4.74 Å². The first-order valence-electron chi connectivity index (χ1n) is 5.45. The SMILES string of the molecule is Oc1cccc(COc2c(Cl)cccc2CCl)c1. The van der Waals surface area contributed by atoms with Crippen molar-refractivity contribution in [2.75, 3.05) is 0 Å². The Labute approximate surface area is 116 Å². The van der Waals surface area contributed by atoms with Crippen LogP contribution in [0, 0.1) is 0 Å². The van der Waals surface area contributed by atoms with Crippen LogP contribution in [0.15, 0.2) is 42.5 Å². The summed E-state index contributed by atoms with van der Waals surface area (Å²) in [6, 6.07) is 12.4. The van der Waals surface area contributed by atoms with Crippen molar-refractivity contribution in [1.29, 1.82) is 0 Å². The lowest BCUT2D eigenvalue weighted by Crippen LogP contribution is -1.98. The van der Waals surface area contributed by atoms with Gasteiger partial charge < -0.3 is 9.84 Å². The summed E-state index contributed by atoms with van der Waals surface area (Å²) in [6.07, 6.45) is 0. The zero-order chi connectivity index (χ0) is 13.0. The first-order valence-corrected chi connectivity index (χ1v) is 6.36. The van der Waals surface area contributed by atoms with E-state index in [4.69, 9.17) is 27.9 Å². The van der Waals surface area contributed by atoms with Gasteiger partial charge in [-0.05, 0) is 23.8 Å². The monoisotopic (exact) mass is 282 g/mol. The van der Waals surface area contributed by atoms with Crippen molar-refractivity contribution in [3.05, 3.63) is 58.6 Å². The van der Waals surface area contributed by atoms with Gasteiger partial charge in [-0.25, -0.2) is 0 Å². The Hall–Kier alpha value is -1.38. The molecule has 0 heterocycles. The van der Waals surface area contributed by atoms with Gasteiger partial charge in [0.05, 0.1) is 10.9 Å². The highest BCUT2D eigenvalue weighted by Crippen LogP contribution is 2.30. The van der Waals surface area contributed by atoms with Gasteiger partial charge in [0.25, 0.3) is 0 Å². The Balaban J connectivity index is 2.15. The van der Waals surface area contributed by atoms with Crippen molar-refractivity contribution in [2.24, 2.45) is 0 Å². The van der Waals surface area contributed by atoms with Crippen LogP contribution in [0.3, 0.4) is 0 Å². The molecule has 94 valence electrons. The van der Waals surface area contributed by atoms with Crippen molar-refractivity contribution in [1.82, 2.24) is 0 Å². The second-order valence-electron chi connectivity index (χ2n) is 3.82. The summed E-state index contributed by atoms with van der Waals surface area (Å²) < 4.78 is 5.67. The summed E-state index contributed by atoms with van der Waals surface area (Å²) in [5.41, 5.74) is 1.72. The van der Waals surface area contributed by atoms with E-state index in [9.17, 15) is 5.11 Å². The summed E-state index contributed by atoms with van der Waals surface area (Å²) >= 11 is 11.9. The van der Waals surface area contributed by atoms with Gasteiger partial charge in [0.15, 0.2) is 0 Å². The molecule has 1 N–H and O–H groups in total. The first kappa shape index (κ1) is 13.1. The van der Waals surface area contributed by atoms with E-state index in [-0.39, 0.29) is 5.75 Å². The molecule has 0 aromatic heterocycles. The molecule has 0 spiro atoms. The normalized spacial score (nSPS) is 10.3. The molecule has 18 heavy (non-hydrogen) atoms. The predicted molar refractivity (Wildman–Crippen MR) is 73.4 cm³/mol. The molecule has 0 saturated heterocycles. The van der Waals surface area contributed by atoms with Crippen LogP contribution in [0.4, 0.5) is 0 Å². The molecule has 0 amide bonds. The van der Waals surface area contributed by atoms with E-state index in [1.54, 1.807) is 24.3 Å². The Kier molecular flexibility index (Phi) is 4.34. The van der Waals surface area contributed by atoms with Gasteiger partial charge in [-0.1, -0.05) is 35.9 Å². The van der Waals surface area contributed by atoms with Crippen molar-refractivity contribution in [3.8, 4) is 11.5 Å². The van der Waals surface area contributed by atoms with Crippen molar-refractivity contribution < 1.29 is 9.84 Å². The minimum Gasteiger partial charge on any atom is -0.508 e. The van der Waals surface area contributed by atoms with Crippen LogP contribution in [-0.4, -0.2) is 5.11 Å². The van der Waals surface area contributed by atoms with Gasteiger partial charge in [0.1, 0.15) is 18.1 Å². The molecule has 0 unspecified atom stereocenters. The second kappa shape index (κ2) is 5.98. The van der Waals surface area contributed by atoms with E-state index in [2.05, 4.69) is 0 Å². The third-order valence-corrected chi connectivity index (χ3v) is 3.07. The standard InChI is InChI=1S/C14H12Cl2O2/c15-8-11-4-2-6-13(16)14(11)18-9-10-3-1-5-12(17)7-10/h1-7,17H,8-9H2. The summed E-state index contributed by atoms with van der Waals surface area (Å²) in [5.74, 6) is 1.15. The lowest BCUT2D eigenvalue weighted by atomic mass is 10.2. The number of rotatable bonds is 4. The summed E-state index contributed by atoms with van der Waals surface area (Å²) in [7, 11) is 0. The first-order chi connectivity index (χ1) is 8.70. The van der Waals surface area contributed by atoms with E-state index >= 15 is 0 Å². The van der Waals surface area contributed by atoms with Gasteiger partial charge >= 0.3 is 0 Å². The number of hydrogen-bond donors (Lipinski definition) is 1. The maximum atomic E-state index is 9.36. The van der Waals surface area contributed by atoms with E-state index in [0.717, 1.165) is 11.1 Å². The Bertz CT molecular complexity index is 541. The molecule has 0 aliphatic rings. The molecule has 2 aromatic rings. The fourth-order valence-corrected chi connectivity index (χ4v) is 2.08.